The van der Waals surface area contributed by atoms with Crippen molar-refractivity contribution in [3.63, 3.8) is 0 Å². The van der Waals surface area contributed by atoms with Crippen molar-refractivity contribution in [3.05, 3.63) is 75.2 Å². The van der Waals surface area contributed by atoms with Gasteiger partial charge in [-0.05, 0) is 25.3 Å². The second kappa shape index (κ2) is 9.77. The summed E-state index contributed by atoms with van der Waals surface area (Å²) in [7, 11) is 0. The van der Waals surface area contributed by atoms with Gasteiger partial charge in [-0.15, -0.1) is 5.10 Å². The lowest BCUT2D eigenvalue weighted by Gasteiger charge is -2.40. The van der Waals surface area contributed by atoms with Crippen LogP contribution in [0.5, 0.6) is 0 Å². The Hall–Kier alpha value is -3.27. The number of rotatable bonds is 8. The van der Waals surface area contributed by atoms with Gasteiger partial charge >= 0.3 is 0 Å². The highest BCUT2D eigenvalue weighted by molar-refractivity contribution is 6.33. The van der Waals surface area contributed by atoms with Gasteiger partial charge in [0.05, 0.1) is 29.9 Å². The minimum Gasteiger partial charge on any atom is -0.396 e. The smallest absolute Gasteiger partial charge is 0.275 e. The molecule has 5 rings (SSSR count). The molecule has 3 aromatic rings. The quantitative estimate of drug-likeness (QED) is 0.441. The van der Waals surface area contributed by atoms with Crippen molar-refractivity contribution in [3.8, 4) is 11.4 Å². The number of aromatic nitrogens is 4. The average Bonchev–Trinajstić information content (AvgIpc) is 3.28. The maximum Gasteiger partial charge on any atom is 0.275 e. The summed E-state index contributed by atoms with van der Waals surface area (Å²) in [5.74, 6) is 0.438. The van der Waals surface area contributed by atoms with Gasteiger partial charge in [0.25, 0.3) is 11.5 Å². The highest BCUT2D eigenvalue weighted by Crippen LogP contribution is 2.39. The van der Waals surface area contributed by atoms with Gasteiger partial charge in [0, 0.05) is 29.3 Å². The largest absolute Gasteiger partial charge is 0.396 e. The zero-order chi connectivity index (χ0) is 24.4. The Labute approximate surface area is 206 Å². The van der Waals surface area contributed by atoms with Crippen LogP contribution in [0.1, 0.15) is 31.4 Å². The molecular weight excluding hydrogens is 470 g/mol. The van der Waals surface area contributed by atoms with E-state index in [2.05, 4.69) is 20.4 Å². The number of nitrogens with one attached hydrogen (secondary N) is 2. The van der Waals surface area contributed by atoms with E-state index in [1.807, 2.05) is 36.4 Å². The van der Waals surface area contributed by atoms with E-state index in [-0.39, 0.29) is 30.1 Å². The summed E-state index contributed by atoms with van der Waals surface area (Å²) in [5, 5.41) is 17.2. The minimum absolute atomic E-state index is 0.0460. The standard InChI is InChI=1S/C25H26ClN5O4/c26-18-8-4-9-19(21(18)23(34)27-14-25(15-32)10-5-11-25)35-13-17-12-20(33)31-24(28-17)29-22(30-31)16-6-2-1-3-7-16/h1-4,6-8,12,19,32H,5,9-11,13-15H2,(H,27,34)(H,28,29,30). The molecule has 1 aromatic carbocycles. The average molecular weight is 496 g/mol. The van der Waals surface area contributed by atoms with E-state index in [4.69, 9.17) is 16.3 Å². The van der Waals surface area contributed by atoms with Crippen molar-refractivity contribution >= 4 is 23.3 Å². The molecule has 1 amide bonds. The molecule has 2 heterocycles. The maximum absolute atomic E-state index is 13.0. The molecular formula is C25H26ClN5O4. The summed E-state index contributed by atoms with van der Waals surface area (Å²) in [6.45, 7) is 0.497. The van der Waals surface area contributed by atoms with Crippen molar-refractivity contribution in [2.75, 3.05) is 13.2 Å². The monoisotopic (exact) mass is 495 g/mol. The van der Waals surface area contributed by atoms with Crippen LogP contribution in [-0.2, 0) is 16.1 Å². The fourth-order valence-corrected chi connectivity index (χ4v) is 4.70. The van der Waals surface area contributed by atoms with Gasteiger partial charge in [-0.2, -0.15) is 9.50 Å². The molecule has 1 atom stereocenters. The Kier molecular flexibility index (Phi) is 6.55. The van der Waals surface area contributed by atoms with E-state index in [0.29, 0.717) is 40.9 Å². The first-order valence-corrected chi connectivity index (χ1v) is 12.0. The SMILES string of the molecule is O=C(NCC1(CO)CCC1)C1=C(Cl)C=CCC1OCc1cc(=O)n2nc(-c3ccccc3)nc2[nH]1. The number of nitrogens with zero attached hydrogens (tertiary/aromatic N) is 3. The number of amides is 1. The van der Waals surface area contributed by atoms with Crippen molar-refractivity contribution in [1.29, 1.82) is 0 Å². The normalized spacial score (nSPS) is 19.1. The highest BCUT2D eigenvalue weighted by atomic mass is 35.5. The third kappa shape index (κ3) is 4.80. The number of benzene rings is 1. The molecule has 0 aliphatic heterocycles. The molecule has 1 fully saturated rings. The molecule has 0 bridgehead atoms. The van der Waals surface area contributed by atoms with Gasteiger partial charge < -0.3 is 20.1 Å². The van der Waals surface area contributed by atoms with Crippen LogP contribution < -0.4 is 10.9 Å². The predicted octanol–water partition coefficient (Wildman–Crippen LogP) is 2.70. The van der Waals surface area contributed by atoms with Crippen LogP contribution in [0.2, 0.25) is 0 Å². The van der Waals surface area contributed by atoms with Crippen LogP contribution in [0.4, 0.5) is 0 Å². The van der Waals surface area contributed by atoms with E-state index in [0.717, 1.165) is 24.8 Å². The Morgan fingerprint density at radius 2 is 2.11 bits per heavy atom. The maximum atomic E-state index is 13.0. The van der Waals surface area contributed by atoms with Gasteiger partial charge in [-0.3, -0.25) is 9.59 Å². The van der Waals surface area contributed by atoms with Crippen LogP contribution in [0, 0.1) is 5.41 Å². The molecule has 1 saturated carbocycles. The lowest BCUT2D eigenvalue weighted by molar-refractivity contribution is -0.120. The van der Waals surface area contributed by atoms with Crippen LogP contribution in [-0.4, -0.2) is 49.9 Å². The molecule has 2 aliphatic carbocycles. The molecule has 3 N–H and O–H groups in total. The minimum atomic E-state index is -0.573. The molecule has 0 spiro atoms. The van der Waals surface area contributed by atoms with Crippen LogP contribution >= 0.6 is 11.6 Å². The summed E-state index contributed by atoms with van der Waals surface area (Å²) in [5.41, 5.74) is 1.08. The molecule has 1 unspecified atom stereocenters. The lowest BCUT2D eigenvalue weighted by Crippen LogP contribution is -2.46. The van der Waals surface area contributed by atoms with Gasteiger partial charge in [-0.1, -0.05) is 54.4 Å². The number of allylic oxidation sites excluding steroid dienone is 2. The zero-order valence-electron chi connectivity index (χ0n) is 19.0. The number of carbonyl (C=O) groups is 1. The Balaban J connectivity index is 1.30. The van der Waals surface area contributed by atoms with Gasteiger partial charge in [0.15, 0.2) is 5.82 Å². The molecule has 2 aromatic heterocycles. The highest BCUT2D eigenvalue weighted by Gasteiger charge is 2.37. The second-order valence-corrected chi connectivity index (χ2v) is 9.47. The van der Waals surface area contributed by atoms with Crippen LogP contribution in [0.3, 0.4) is 0 Å². The van der Waals surface area contributed by atoms with Gasteiger partial charge in [-0.25, -0.2) is 0 Å². The van der Waals surface area contributed by atoms with Crippen LogP contribution in [0.15, 0.2) is 64.0 Å². The molecule has 0 saturated heterocycles. The van der Waals surface area contributed by atoms with Crippen molar-refractivity contribution < 1.29 is 14.6 Å². The number of halogens is 1. The molecule has 2 aliphatic rings. The molecule has 10 heteroatoms. The Morgan fingerprint density at radius 3 is 2.83 bits per heavy atom. The van der Waals surface area contributed by atoms with Crippen molar-refractivity contribution in [2.45, 2.75) is 38.4 Å². The van der Waals surface area contributed by atoms with E-state index < -0.39 is 6.10 Å². The third-order valence-electron chi connectivity index (χ3n) is 6.67. The first-order chi connectivity index (χ1) is 17.0. The molecule has 35 heavy (non-hydrogen) atoms. The van der Waals surface area contributed by atoms with E-state index in [1.165, 1.54) is 10.6 Å². The Morgan fingerprint density at radius 1 is 1.31 bits per heavy atom. The lowest BCUT2D eigenvalue weighted by atomic mass is 9.69. The number of aliphatic hydroxyl groups is 1. The van der Waals surface area contributed by atoms with Crippen LogP contribution in [0.25, 0.3) is 17.2 Å². The summed E-state index contributed by atoms with van der Waals surface area (Å²) in [6, 6.07) is 10.8. The number of ether oxygens (including phenoxy) is 1. The number of aromatic amines is 1. The van der Waals surface area contributed by atoms with Crippen molar-refractivity contribution in [1.82, 2.24) is 24.9 Å². The Bertz CT molecular complexity index is 1350. The molecule has 182 valence electrons. The third-order valence-corrected chi connectivity index (χ3v) is 7.00. The number of carbonyl (C=O) groups excluding carboxylic acids is 1. The fraction of sp³-hybridized carbons (Fsp3) is 0.360. The zero-order valence-corrected chi connectivity index (χ0v) is 19.8. The van der Waals surface area contributed by atoms with E-state index in [1.54, 1.807) is 6.08 Å². The van der Waals surface area contributed by atoms with E-state index in [9.17, 15) is 14.7 Å². The molecule has 9 nitrogen and oxygen atoms in total. The number of H-pyrrole nitrogens is 1. The fourth-order valence-electron chi connectivity index (χ4n) is 4.41. The van der Waals surface area contributed by atoms with Gasteiger partial charge in [0.2, 0.25) is 5.78 Å². The van der Waals surface area contributed by atoms with Gasteiger partial charge in [0.1, 0.15) is 0 Å². The second-order valence-electron chi connectivity index (χ2n) is 9.06. The predicted molar refractivity (Wildman–Crippen MR) is 131 cm³/mol. The number of hydrogen-bond acceptors (Lipinski definition) is 6. The van der Waals surface area contributed by atoms with Crippen molar-refractivity contribution in [2.24, 2.45) is 5.41 Å². The number of hydrogen-bond donors (Lipinski definition) is 3. The summed E-state index contributed by atoms with van der Waals surface area (Å²) in [6.07, 6.45) is 6.27. The summed E-state index contributed by atoms with van der Waals surface area (Å²) >= 11 is 6.37. The number of fused-ring (bicyclic) bond motifs is 1. The van der Waals surface area contributed by atoms with E-state index >= 15 is 0 Å². The first-order valence-electron chi connectivity index (χ1n) is 11.6. The summed E-state index contributed by atoms with van der Waals surface area (Å²) < 4.78 is 7.25. The first kappa shape index (κ1) is 23.5. The summed E-state index contributed by atoms with van der Waals surface area (Å²) in [4.78, 5) is 33.1. The molecule has 0 radical (unpaired) electrons. The number of aliphatic hydroxyl groups excluding tert-OH is 1. The topological polar surface area (TPSA) is 122 Å².